The van der Waals surface area contributed by atoms with Crippen LogP contribution >= 0.6 is 0 Å². The lowest BCUT2D eigenvalue weighted by atomic mass is 10.3. The minimum absolute atomic E-state index is 0.164. The molecule has 1 rings (SSSR count). The zero-order valence-corrected chi connectivity index (χ0v) is 5.27. The number of amides is 1. The number of carbonyl (C=O) groups is 1. The molecule has 0 aromatic carbocycles. The average Bonchev–Trinajstić information content (AvgIpc) is 2.14. The van der Waals surface area contributed by atoms with E-state index >= 15 is 0 Å². The van der Waals surface area contributed by atoms with Crippen molar-refractivity contribution in [2.75, 3.05) is 0 Å². The molecule has 0 radical (unpaired) electrons. The molecule has 0 aliphatic carbocycles. The molecule has 3 heteroatoms. The van der Waals surface area contributed by atoms with E-state index in [2.05, 4.69) is 10.7 Å². The molecule has 48 valence electrons. The highest BCUT2D eigenvalue weighted by atomic mass is 16.1. The molecule has 0 saturated heterocycles. The topological polar surface area (TPSA) is 60.5 Å². The van der Waals surface area contributed by atoms with Crippen molar-refractivity contribution in [3.63, 3.8) is 0 Å². The van der Waals surface area contributed by atoms with Crippen molar-refractivity contribution in [1.82, 2.24) is 4.98 Å². The number of H-pyrrole nitrogens is 1. The minimum atomic E-state index is -0.164. The maximum Gasteiger partial charge on any atom is 0.357 e. The number of aromatic amines is 1. The van der Waals surface area contributed by atoms with Crippen LogP contribution in [0.15, 0.2) is 12.3 Å². The van der Waals surface area contributed by atoms with Gasteiger partial charge in [-0.1, -0.05) is 0 Å². The average molecular weight is 125 g/mol. The Bertz CT molecular complexity index is 227. The van der Waals surface area contributed by atoms with E-state index in [1.54, 1.807) is 12.3 Å². The van der Waals surface area contributed by atoms with Gasteiger partial charge in [0.05, 0.1) is 0 Å². The minimum Gasteiger partial charge on any atom is -0.354 e. The Morgan fingerprint density at radius 1 is 1.78 bits per heavy atom. The lowest BCUT2D eigenvalue weighted by Crippen LogP contribution is -2.56. The number of hydrogen-bond acceptors (Lipinski definition) is 1. The first-order valence-corrected chi connectivity index (χ1v) is 2.71. The van der Waals surface area contributed by atoms with Crippen molar-refractivity contribution in [2.24, 2.45) is 0 Å². The molecule has 0 bridgehead atoms. The lowest BCUT2D eigenvalue weighted by Gasteiger charge is -1.78. The van der Waals surface area contributed by atoms with E-state index in [0.29, 0.717) is 5.69 Å². The number of aryl methyl sites for hydroxylation is 1. The Balaban J connectivity index is 2.98. The Kier molecular flexibility index (Phi) is 1.36. The van der Waals surface area contributed by atoms with Gasteiger partial charge in [-0.2, -0.15) is 0 Å². The van der Waals surface area contributed by atoms with Crippen LogP contribution in [0.4, 0.5) is 0 Å². The summed E-state index contributed by atoms with van der Waals surface area (Å²) in [7, 11) is 0. The summed E-state index contributed by atoms with van der Waals surface area (Å²) in [5.74, 6) is -0.164. The summed E-state index contributed by atoms with van der Waals surface area (Å²) in [5.41, 5.74) is 4.89. The summed E-state index contributed by atoms with van der Waals surface area (Å²) in [6.45, 7) is 1.92. The molecule has 0 aliphatic rings. The highest BCUT2D eigenvalue weighted by Gasteiger charge is 2.03. The molecule has 1 aromatic rings. The molecule has 0 saturated carbocycles. The second kappa shape index (κ2) is 2.03. The summed E-state index contributed by atoms with van der Waals surface area (Å²) >= 11 is 0. The molecule has 0 fully saturated rings. The van der Waals surface area contributed by atoms with Crippen molar-refractivity contribution in [3.05, 3.63) is 23.5 Å². The van der Waals surface area contributed by atoms with Crippen molar-refractivity contribution < 1.29 is 10.5 Å². The molecule has 1 heterocycles. The third-order valence-corrected chi connectivity index (χ3v) is 1.13. The first kappa shape index (κ1) is 6.04. The molecule has 1 amide bonds. The first-order valence-electron chi connectivity index (χ1n) is 2.71. The molecule has 3 nitrogen and oxygen atoms in total. The molecule has 0 spiro atoms. The van der Waals surface area contributed by atoms with Crippen LogP contribution in [0.2, 0.25) is 0 Å². The van der Waals surface area contributed by atoms with Gasteiger partial charge in [-0.3, -0.25) is 5.73 Å². The second-order valence-electron chi connectivity index (χ2n) is 2.01. The Morgan fingerprint density at radius 2 is 2.44 bits per heavy atom. The van der Waals surface area contributed by atoms with Gasteiger partial charge < -0.3 is 4.98 Å². The maximum atomic E-state index is 10.5. The van der Waals surface area contributed by atoms with E-state index in [1.165, 1.54) is 0 Å². The number of carbonyl (C=O) groups excluding carboxylic acids is 1. The first-order chi connectivity index (χ1) is 4.20. The van der Waals surface area contributed by atoms with Gasteiger partial charge in [0.1, 0.15) is 5.69 Å². The second-order valence-corrected chi connectivity index (χ2v) is 2.01. The van der Waals surface area contributed by atoms with E-state index in [9.17, 15) is 4.79 Å². The Hall–Kier alpha value is -1.09. The third-order valence-electron chi connectivity index (χ3n) is 1.13. The summed E-state index contributed by atoms with van der Waals surface area (Å²) in [5, 5.41) is 0. The highest BCUT2D eigenvalue weighted by molar-refractivity contribution is 5.83. The molecule has 4 N–H and O–H groups in total. The SMILES string of the molecule is Cc1c[nH]c(C([NH3+])=O)c1. The predicted octanol–water partition coefficient (Wildman–Crippen LogP) is -0.295. The molecule has 0 atom stereocenters. The van der Waals surface area contributed by atoms with Gasteiger partial charge in [-0.15, -0.1) is 0 Å². The van der Waals surface area contributed by atoms with Gasteiger partial charge in [-0.05, 0) is 18.6 Å². The monoisotopic (exact) mass is 125 g/mol. The maximum absolute atomic E-state index is 10.5. The van der Waals surface area contributed by atoms with E-state index in [-0.39, 0.29) is 5.91 Å². The van der Waals surface area contributed by atoms with Gasteiger partial charge in [-0.25, -0.2) is 4.79 Å². The molecular formula is C6H9N2O+. The fourth-order valence-electron chi connectivity index (χ4n) is 0.664. The predicted molar refractivity (Wildman–Crippen MR) is 32.7 cm³/mol. The van der Waals surface area contributed by atoms with Crippen LogP contribution in [0.1, 0.15) is 16.1 Å². The van der Waals surface area contributed by atoms with Gasteiger partial charge in [0.25, 0.3) is 0 Å². The van der Waals surface area contributed by atoms with Gasteiger partial charge in [0, 0.05) is 6.20 Å². The highest BCUT2D eigenvalue weighted by Crippen LogP contribution is 1.98. The number of hydrogen-bond donors (Lipinski definition) is 2. The van der Waals surface area contributed by atoms with Crippen molar-refractivity contribution in [1.29, 1.82) is 0 Å². The van der Waals surface area contributed by atoms with E-state index in [4.69, 9.17) is 0 Å². The smallest absolute Gasteiger partial charge is 0.354 e. The molecule has 0 unspecified atom stereocenters. The molecule has 1 aromatic heterocycles. The van der Waals surface area contributed by atoms with Gasteiger partial charge >= 0.3 is 5.91 Å². The van der Waals surface area contributed by atoms with Crippen molar-refractivity contribution in [3.8, 4) is 0 Å². The number of rotatable bonds is 1. The number of nitrogens with one attached hydrogen (secondary N) is 1. The van der Waals surface area contributed by atoms with Crippen LogP contribution in [0, 0.1) is 6.92 Å². The lowest BCUT2D eigenvalue weighted by molar-refractivity contribution is -0.255. The fourth-order valence-corrected chi connectivity index (χ4v) is 0.664. The zero-order chi connectivity index (χ0) is 6.85. The van der Waals surface area contributed by atoms with E-state index in [0.717, 1.165) is 5.56 Å². The summed E-state index contributed by atoms with van der Waals surface area (Å²) in [4.78, 5) is 13.3. The Labute approximate surface area is 52.9 Å². The zero-order valence-electron chi connectivity index (χ0n) is 5.27. The van der Waals surface area contributed by atoms with Crippen LogP contribution in [-0.2, 0) is 0 Å². The summed E-state index contributed by atoms with van der Waals surface area (Å²) in [6, 6.07) is 1.77. The third kappa shape index (κ3) is 1.17. The van der Waals surface area contributed by atoms with Crippen LogP contribution < -0.4 is 5.73 Å². The number of aromatic nitrogens is 1. The molecule has 9 heavy (non-hydrogen) atoms. The summed E-state index contributed by atoms with van der Waals surface area (Å²) < 4.78 is 0. The summed E-state index contributed by atoms with van der Waals surface area (Å²) in [6.07, 6.45) is 1.78. The quantitative estimate of drug-likeness (QED) is 0.532. The standard InChI is InChI=1S/C6H8N2O/c1-4-2-5(6(7)9)8-3-4/h2-3,8H,1H3,(H2,7,9)/p+1. The van der Waals surface area contributed by atoms with Crippen molar-refractivity contribution >= 4 is 5.91 Å². The van der Waals surface area contributed by atoms with Crippen LogP contribution in [0.5, 0.6) is 0 Å². The largest absolute Gasteiger partial charge is 0.357 e. The van der Waals surface area contributed by atoms with Crippen molar-refractivity contribution in [2.45, 2.75) is 6.92 Å². The van der Waals surface area contributed by atoms with Gasteiger partial charge in [0.15, 0.2) is 0 Å². The fraction of sp³-hybridized carbons (Fsp3) is 0.167. The van der Waals surface area contributed by atoms with E-state index in [1.807, 2.05) is 6.92 Å². The molecule has 0 aliphatic heterocycles. The van der Waals surface area contributed by atoms with Gasteiger partial charge in [0.2, 0.25) is 0 Å². The van der Waals surface area contributed by atoms with Crippen LogP contribution in [-0.4, -0.2) is 10.9 Å². The van der Waals surface area contributed by atoms with E-state index < -0.39 is 0 Å². The number of quaternary nitrogens is 1. The Morgan fingerprint density at radius 3 is 2.67 bits per heavy atom. The normalized spacial score (nSPS) is 9.56. The van der Waals surface area contributed by atoms with Crippen LogP contribution in [0.25, 0.3) is 0 Å². The molecular weight excluding hydrogens is 116 g/mol. The van der Waals surface area contributed by atoms with Crippen LogP contribution in [0.3, 0.4) is 0 Å².